The van der Waals surface area contributed by atoms with Gasteiger partial charge in [-0.25, -0.2) is 29.9 Å². The van der Waals surface area contributed by atoms with Gasteiger partial charge >= 0.3 is 12.2 Å². The highest BCUT2D eigenvalue weighted by Crippen LogP contribution is 2.35. The molecule has 2 fully saturated rings. The molecule has 0 radical (unpaired) electrons. The lowest BCUT2D eigenvalue weighted by molar-refractivity contribution is -0.137. The molecule has 13 nitrogen and oxygen atoms in total. The Balaban J connectivity index is 1.17. The minimum Gasteiger partial charge on any atom is -0.467 e. The number of hydrogen-bond acceptors (Lipinski definition) is 11. The van der Waals surface area contributed by atoms with E-state index in [0.29, 0.717) is 51.4 Å². The number of anilines is 3. The van der Waals surface area contributed by atoms with E-state index in [-0.39, 0.29) is 41.9 Å². The second-order valence-corrected chi connectivity index (χ2v) is 11.2. The number of nitrogens with one attached hydrogen (secondary N) is 2. The van der Waals surface area contributed by atoms with Gasteiger partial charge in [0.05, 0.1) is 32.9 Å². The van der Waals surface area contributed by atoms with Crippen molar-refractivity contribution in [1.29, 1.82) is 0 Å². The normalized spacial score (nSPS) is 18.7. The molecule has 246 valence electrons. The van der Waals surface area contributed by atoms with Crippen molar-refractivity contribution in [3.8, 4) is 17.1 Å². The van der Waals surface area contributed by atoms with Crippen LogP contribution in [0.1, 0.15) is 36.8 Å². The molecular weight excluding hydrogens is 615 g/mol. The quantitative estimate of drug-likeness (QED) is 0.165. The smallest absolute Gasteiger partial charge is 0.421 e. The van der Waals surface area contributed by atoms with Gasteiger partial charge in [0.1, 0.15) is 11.4 Å². The molecule has 0 atom stereocenters. The zero-order chi connectivity index (χ0) is 32.8. The minimum atomic E-state index is -4.59. The molecule has 1 aromatic carbocycles. The van der Waals surface area contributed by atoms with Gasteiger partial charge in [0.2, 0.25) is 11.9 Å². The van der Waals surface area contributed by atoms with Crippen molar-refractivity contribution < 1.29 is 22.6 Å². The molecule has 16 heteroatoms. The van der Waals surface area contributed by atoms with E-state index in [1.807, 2.05) is 35.2 Å². The number of benzene rings is 1. The zero-order valence-electron chi connectivity index (χ0n) is 25.6. The third kappa shape index (κ3) is 7.82. The van der Waals surface area contributed by atoms with E-state index in [2.05, 4.69) is 45.5 Å². The fraction of sp³-hybridized carbons (Fsp3) is 0.387. The second kappa shape index (κ2) is 14.1. The Kier molecular flexibility index (Phi) is 9.56. The molecule has 0 unspecified atom stereocenters. The molecule has 0 bridgehead atoms. The van der Waals surface area contributed by atoms with E-state index in [1.54, 1.807) is 24.8 Å². The fourth-order valence-electron chi connectivity index (χ4n) is 5.39. The maximum Gasteiger partial charge on any atom is 0.421 e. The number of halogens is 3. The number of aromatic nitrogens is 6. The lowest BCUT2D eigenvalue weighted by Crippen LogP contribution is -2.48. The molecule has 1 saturated carbocycles. The summed E-state index contributed by atoms with van der Waals surface area (Å²) in [6.07, 6.45) is 5.58. The Labute approximate surface area is 268 Å². The topological polar surface area (TPSA) is 161 Å². The highest BCUT2D eigenvalue weighted by Gasteiger charge is 2.37. The maximum atomic E-state index is 13.6. The lowest BCUT2D eigenvalue weighted by Gasteiger charge is -2.36. The number of nitrogens with two attached hydrogens (primary N) is 1. The molecule has 3 aromatic heterocycles. The Bertz CT molecular complexity index is 1650. The van der Waals surface area contributed by atoms with Crippen LogP contribution in [-0.2, 0) is 17.5 Å². The highest BCUT2D eigenvalue weighted by molar-refractivity contribution is 5.93. The number of ether oxygens (including phenoxy) is 2. The largest absolute Gasteiger partial charge is 0.467 e. The second-order valence-electron chi connectivity index (χ2n) is 11.2. The van der Waals surface area contributed by atoms with Crippen molar-refractivity contribution in [2.45, 2.75) is 56.5 Å². The number of alkyl halides is 3. The van der Waals surface area contributed by atoms with E-state index in [9.17, 15) is 13.2 Å². The summed E-state index contributed by atoms with van der Waals surface area (Å²) in [6.45, 7) is 1.03. The summed E-state index contributed by atoms with van der Waals surface area (Å²) in [4.78, 5) is 32.3. The molecule has 6 rings (SSSR count). The first kappa shape index (κ1) is 31.8. The van der Waals surface area contributed by atoms with Gasteiger partial charge in [-0.05, 0) is 31.2 Å². The van der Waals surface area contributed by atoms with Crippen molar-refractivity contribution in [2.75, 3.05) is 35.9 Å². The summed E-state index contributed by atoms with van der Waals surface area (Å²) in [5.41, 5.74) is 8.15. The van der Waals surface area contributed by atoms with Gasteiger partial charge in [-0.3, -0.25) is 4.90 Å². The van der Waals surface area contributed by atoms with Gasteiger partial charge < -0.3 is 25.8 Å². The van der Waals surface area contributed by atoms with Gasteiger partial charge in [-0.2, -0.15) is 18.2 Å². The van der Waals surface area contributed by atoms with Crippen LogP contribution in [0.3, 0.4) is 0 Å². The van der Waals surface area contributed by atoms with Gasteiger partial charge in [0, 0.05) is 54.2 Å². The molecule has 0 amide bonds. The summed E-state index contributed by atoms with van der Waals surface area (Å²) in [7, 11) is 1.50. The van der Waals surface area contributed by atoms with Gasteiger partial charge in [0.15, 0.2) is 5.96 Å². The standard InChI is InChI=1S/C31H34F3N11O2/c1-46-30-40-14-21(15-41-30)20-12-38-29(39-13-20)45(27(35)36-11-19-5-3-2-4-6-19)24-9-7-22(8-10-24)43-28-37-16-25(31(32,33)34)26(44-28)42-23-17-47-18-23/h2-6,12-16,22-24H,7-11,17-18H2,1H3,(H2,35,36)(H2,37,42,43,44). The van der Waals surface area contributed by atoms with Crippen LogP contribution in [-0.4, -0.2) is 74.3 Å². The average Bonchev–Trinajstić information content (AvgIpc) is 3.07. The molecular formula is C31H34F3N11O2. The fourth-order valence-corrected chi connectivity index (χ4v) is 5.39. The molecule has 1 aliphatic carbocycles. The third-order valence-electron chi connectivity index (χ3n) is 7.98. The molecule has 0 spiro atoms. The van der Waals surface area contributed by atoms with E-state index < -0.39 is 11.7 Å². The third-order valence-corrected chi connectivity index (χ3v) is 7.98. The van der Waals surface area contributed by atoms with Crippen LogP contribution in [0.2, 0.25) is 0 Å². The van der Waals surface area contributed by atoms with Crippen molar-refractivity contribution >= 4 is 23.7 Å². The summed E-state index contributed by atoms with van der Waals surface area (Å²) >= 11 is 0. The van der Waals surface area contributed by atoms with Crippen molar-refractivity contribution in [3.63, 3.8) is 0 Å². The van der Waals surface area contributed by atoms with Crippen LogP contribution < -0.4 is 26.0 Å². The van der Waals surface area contributed by atoms with Crippen LogP contribution >= 0.6 is 0 Å². The van der Waals surface area contributed by atoms with E-state index in [1.165, 1.54) is 7.11 Å². The molecule has 4 aromatic rings. The first-order chi connectivity index (χ1) is 22.8. The van der Waals surface area contributed by atoms with Crippen LogP contribution in [0.5, 0.6) is 6.01 Å². The highest BCUT2D eigenvalue weighted by atomic mass is 19.4. The average molecular weight is 650 g/mol. The number of aliphatic imine (C=N–C) groups is 1. The molecule has 2 aliphatic rings. The van der Waals surface area contributed by atoms with Gasteiger partial charge in [-0.15, -0.1) is 0 Å². The minimum absolute atomic E-state index is 0.0643. The number of rotatable bonds is 10. The van der Waals surface area contributed by atoms with E-state index in [0.717, 1.165) is 22.9 Å². The van der Waals surface area contributed by atoms with Crippen molar-refractivity contribution in [1.82, 2.24) is 29.9 Å². The SMILES string of the molecule is COc1ncc(-c2cnc(N(C(N)=NCc3ccccc3)C3CCC(Nc4ncc(C(F)(F)F)c(NC5COC5)n4)CC3)nc2)cn1. The maximum absolute atomic E-state index is 13.6. The number of hydrogen-bond donors (Lipinski definition) is 3. The molecule has 4 N–H and O–H groups in total. The molecule has 1 saturated heterocycles. The zero-order valence-corrected chi connectivity index (χ0v) is 25.6. The first-order valence-corrected chi connectivity index (χ1v) is 15.1. The Morgan fingerprint density at radius 1 is 0.915 bits per heavy atom. The summed E-state index contributed by atoms with van der Waals surface area (Å²) in [5.74, 6) is 0.557. The summed E-state index contributed by atoms with van der Waals surface area (Å²) < 4.78 is 51.0. The Hall–Kier alpha value is -5.12. The molecule has 4 heterocycles. The molecule has 1 aliphatic heterocycles. The van der Waals surface area contributed by atoms with Crippen LogP contribution in [0.25, 0.3) is 11.1 Å². The Morgan fingerprint density at radius 2 is 1.57 bits per heavy atom. The van der Waals surface area contributed by atoms with Gasteiger partial charge in [0.25, 0.3) is 0 Å². The van der Waals surface area contributed by atoms with E-state index >= 15 is 0 Å². The van der Waals surface area contributed by atoms with E-state index in [4.69, 9.17) is 15.2 Å². The number of methoxy groups -OCH3 is 1. The van der Waals surface area contributed by atoms with Crippen LogP contribution in [0, 0.1) is 0 Å². The number of guanidine groups is 1. The lowest BCUT2D eigenvalue weighted by atomic mass is 9.90. The van der Waals surface area contributed by atoms with Crippen molar-refractivity contribution in [2.24, 2.45) is 10.7 Å². The molecule has 47 heavy (non-hydrogen) atoms. The predicted molar refractivity (Wildman–Crippen MR) is 169 cm³/mol. The predicted octanol–water partition coefficient (Wildman–Crippen LogP) is 4.31. The van der Waals surface area contributed by atoms with Crippen molar-refractivity contribution in [3.05, 3.63) is 72.4 Å². The number of nitrogens with zero attached hydrogens (tertiary/aromatic N) is 8. The van der Waals surface area contributed by atoms with Gasteiger partial charge in [-0.1, -0.05) is 30.3 Å². The summed E-state index contributed by atoms with van der Waals surface area (Å²) in [6, 6.07) is 9.67. The van der Waals surface area contributed by atoms with Crippen LogP contribution in [0.15, 0.2) is 66.3 Å². The Morgan fingerprint density at radius 3 is 2.17 bits per heavy atom. The first-order valence-electron chi connectivity index (χ1n) is 15.1. The van der Waals surface area contributed by atoms with Crippen LogP contribution in [0.4, 0.5) is 30.9 Å². The summed E-state index contributed by atoms with van der Waals surface area (Å²) in [5, 5.41) is 6.06. The monoisotopic (exact) mass is 649 g/mol.